The first-order valence-electron chi connectivity index (χ1n) is 7.72. The maximum atomic E-state index is 13.6. The lowest BCUT2D eigenvalue weighted by Crippen LogP contribution is -2.40. The minimum Gasteiger partial charge on any atom is -0.393 e. The van der Waals surface area contributed by atoms with Crippen molar-refractivity contribution in [3.05, 3.63) is 0 Å². The third-order valence-electron chi connectivity index (χ3n) is 6.80. The fraction of sp³-hybridized carbons (Fsp3) is 1.00. The molecule has 0 aromatic carbocycles. The van der Waals surface area contributed by atoms with Crippen molar-refractivity contribution >= 4 is 10.1 Å². The molecule has 8 atom stereocenters. The monoisotopic (exact) mass is 322 g/mol. The Kier molecular flexibility index (Phi) is 2.85. The normalized spacial score (nSPS) is 51.6. The molecule has 2 N–H and O–H groups in total. The smallest absolute Gasteiger partial charge is 0.370 e. The van der Waals surface area contributed by atoms with Gasteiger partial charge in [0.25, 0.3) is 0 Å². The molecule has 4 nitrogen and oxygen atoms in total. The SMILES string of the molecule is O=S(=O)(O)C(F)(F)CC1CC2CC1C1C3CC(CC3O)C21. The molecule has 21 heavy (non-hydrogen) atoms. The molecular weight excluding hydrogens is 302 g/mol. The summed E-state index contributed by atoms with van der Waals surface area (Å²) in [6.45, 7) is 0. The first-order chi connectivity index (χ1) is 9.69. The molecule has 4 bridgehead atoms. The molecule has 0 spiro atoms. The van der Waals surface area contributed by atoms with E-state index in [2.05, 4.69) is 0 Å². The molecule has 0 aliphatic heterocycles. The molecule has 0 aromatic rings. The van der Waals surface area contributed by atoms with Crippen LogP contribution in [0.4, 0.5) is 8.78 Å². The predicted molar refractivity (Wildman–Crippen MR) is 70.0 cm³/mol. The Balaban J connectivity index is 1.55. The second-order valence-electron chi connectivity index (χ2n) is 7.59. The van der Waals surface area contributed by atoms with Crippen molar-refractivity contribution in [3.8, 4) is 0 Å². The Bertz CT molecular complexity index is 563. The van der Waals surface area contributed by atoms with Crippen LogP contribution in [0, 0.1) is 41.4 Å². The fourth-order valence-electron chi connectivity index (χ4n) is 6.35. The van der Waals surface area contributed by atoms with Crippen molar-refractivity contribution < 1.29 is 26.9 Å². The van der Waals surface area contributed by atoms with E-state index in [1.165, 1.54) is 0 Å². The summed E-state index contributed by atoms with van der Waals surface area (Å²) in [4.78, 5) is 0. The Morgan fingerprint density at radius 3 is 2.29 bits per heavy atom. The maximum absolute atomic E-state index is 13.6. The minimum atomic E-state index is -5.33. The van der Waals surface area contributed by atoms with Crippen LogP contribution < -0.4 is 0 Å². The molecule has 120 valence electrons. The quantitative estimate of drug-likeness (QED) is 0.617. The van der Waals surface area contributed by atoms with Crippen molar-refractivity contribution in [2.75, 3.05) is 0 Å². The molecule has 0 saturated heterocycles. The zero-order valence-corrected chi connectivity index (χ0v) is 12.3. The summed E-state index contributed by atoms with van der Waals surface area (Å²) in [5, 5.41) is 6.01. The van der Waals surface area contributed by atoms with Crippen LogP contribution in [-0.2, 0) is 10.1 Å². The van der Waals surface area contributed by atoms with Crippen LogP contribution in [0.1, 0.15) is 32.1 Å². The van der Waals surface area contributed by atoms with E-state index in [0.717, 1.165) is 19.3 Å². The molecule has 0 amide bonds. The molecule has 4 rings (SSSR count). The number of fused-ring (bicyclic) bond motifs is 9. The molecule has 4 fully saturated rings. The van der Waals surface area contributed by atoms with E-state index >= 15 is 0 Å². The van der Waals surface area contributed by atoms with Gasteiger partial charge in [0.15, 0.2) is 0 Å². The zero-order valence-electron chi connectivity index (χ0n) is 11.5. The average Bonchev–Trinajstić information content (AvgIpc) is 3.02. The van der Waals surface area contributed by atoms with Gasteiger partial charge in [-0.15, -0.1) is 0 Å². The summed E-state index contributed by atoms with van der Waals surface area (Å²) in [5.74, 6) is 1.76. The van der Waals surface area contributed by atoms with E-state index < -0.39 is 21.8 Å². The number of aliphatic hydroxyl groups is 1. The summed E-state index contributed by atoms with van der Waals surface area (Å²) in [5.41, 5.74) is 0. The largest absolute Gasteiger partial charge is 0.393 e. The predicted octanol–water partition coefficient (Wildman–Crippen LogP) is 2.15. The van der Waals surface area contributed by atoms with Gasteiger partial charge in [0.1, 0.15) is 0 Å². The molecule has 7 heteroatoms. The molecular formula is C14H20F2O4S. The van der Waals surface area contributed by atoms with Gasteiger partial charge in [0.2, 0.25) is 0 Å². The highest BCUT2D eigenvalue weighted by atomic mass is 32.2. The lowest BCUT2D eigenvalue weighted by atomic mass is 9.66. The first-order valence-corrected chi connectivity index (χ1v) is 9.16. The zero-order chi connectivity index (χ0) is 15.2. The number of hydrogen-bond donors (Lipinski definition) is 2. The molecule has 4 aliphatic rings. The highest BCUT2D eigenvalue weighted by molar-refractivity contribution is 7.86. The van der Waals surface area contributed by atoms with Gasteiger partial charge in [0.05, 0.1) is 6.10 Å². The fourth-order valence-corrected chi connectivity index (χ4v) is 6.78. The van der Waals surface area contributed by atoms with E-state index in [1.54, 1.807) is 0 Å². The van der Waals surface area contributed by atoms with Crippen LogP contribution in [-0.4, -0.2) is 29.4 Å². The van der Waals surface area contributed by atoms with Gasteiger partial charge in [-0.3, -0.25) is 4.55 Å². The van der Waals surface area contributed by atoms with Crippen molar-refractivity contribution in [1.29, 1.82) is 0 Å². The summed E-state index contributed by atoms with van der Waals surface area (Å²) < 4.78 is 57.6. The van der Waals surface area contributed by atoms with Gasteiger partial charge < -0.3 is 5.11 Å². The summed E-state index contributed by atoms with van der Waals surface area (Å²) in [6, 6.07) is 0. The number of aliphatic hydroxyl groups excluding tert-OH is 1. The Hall–Kier alpha value is -0.270. The molecule has 0 aromatic heterocycles. The molecule has 8 unspecified atom stereocenters. The highest BCUT2D eigenvalue weighted by Gasteiger charge is 2.65. The van der Waals surface area contributed by atoms with Crippen LogP contribution in [0.3, 0.4) is 0 Å². The van der Waals surface area contributed by atoms with Crippen LogP contribution >= 0.6 is 0 Å². The average molecular weight is 322 g/mol. The Morgan fingerprint density at radius 2 is 1.62 bits per heavy atom. The second kappa shape index (κ2) is 4.17. The van der Waals surface area contributed by atoms with E-state index in [-0.39, 0.29) is 23.9 Å². The topological polar surface area (TPSA) is 74.6 Å². The van der Waals surface area contributed by atoms with Crippen LogP contribution in [0.15, 0.2) is 0 Å². The van der Waals surface area contributed by atoms with Crippen molar-refractivity contribution in [3.63, 3.8) is 0 Å². The number of hydrogen-bond acceptors (Lipinski definition) is 3. The van der Waals surface area contributed by atoms with E-state index in [9.17, 15) is 22.3 Å². The van der Waals surface area contributed by atoms with Crippen LogP contribution in [0.5, 0.6) is 0 Å². The van der Waals surface area contributed by atoms with Crippen LogP contribution in [0.25, 0.3) is 0 Å². The Labute approximate surface area is 122 Å². The molecule has 0 heterocycles. The van der Waals surface area contributed by atoms with Gasteiger partial charge in [-0.25, -0.2) is 0 Å². The van der Waals surface area contributed by atoms with Gasteiger partial charge in [-0.05, 0) is 67.1 Å². The standard InChI is InChI=1S/C14H20F2O4S/c15-14(16,21(18,19)20)5-8-1-6-2-9(8)13-10-3-7(12(6)13)4-11(10)17/h6-13,17H,1-5H2,(H,18,19,20). The summed E-state index contributed by atoms with van der Waals surface area (Å²) in [7, 11) is -5.33. The van der Waals surface area contributed by atoms with E-state index in [4.69, 9.17) is 4.55 Å². The number of rotatable bonds is 3. The van der Waals surface area contributed by atoms with Gasteiger partial charge in [-0.2, -0.15) is 17.2 Å². The first kappa shape index (κ1) is 14.3. The number of halogens is 2. The number of alkyl halides is 2. The highest BCUT2D eigenvalue weighted by Crippen LogP contribution is 2.69. The maximum Gasteiger partial charge on any atom is 0.370 e. The molecule has 4 aliphatic carbocycles. The third kappa shape index (κ3) is 1.86. The van der Waals surface area contributed by atoms with Crippen molar-refractivity contribution in [2.24, 2.45) is 41.4 Å². The van der Waals surface area contributed by atoms with E-state index in [1.807, 2.05) is 0 Å². The molecule has 4 saturated carbocycles. The van der Waals surface area contributed by atoms with Gasteiger partial charge in [0, 0.05) is 6.42 Å². The van der Waals surface area contributed by atoms with Crippen LogP contribution in [0.2, 0.25) is 0 Å². The summed E-state index contributed by atoms with van der Waals surface area (Å²) in [6.07, 6.45) is 2.31. The summed E-state index contributed by atoms with van der Waals surface area (Å²) >= 11 is 0. The van der Waals surface area contributed by atoms with Gasteiger partial charge >= 0.3 is 15.4 Å². The van der Waals surface area contributed by atoms with Crippen molar-refractivity contribution in [2.45, 2.75) is 43.5 Å². The third-order valence-corrected chi connectivity index (χ3v) is 7.72. The van der Waals surface area contributed by atoms with Gasteiger partial charge in [-0.1, -0.05) is 0 Å². The molecule has 0 radical (unpaired) electrons. The van der Waals surface area contributed by atoms with E-state index in [0.29, 0.717) is 30.1 Å². The lowest BCUT2D eigenvalue weighted by Gasteiger charge is -2.40. The lowest BCUT2D eigenvalue weighted by molar-refractivity contribution is -0.0112. The Morgan fingerprint density at radius 1 is 1.00 bits per heavy atom. The second-order valence-corrected chi connectivity index (χ2v) is 9.14. The minimum absolute atomic E-state index is 0.0950. The van der Waals surface area contributed by atoms with Crippen molar-refractivity contribution in [1.82, 2.24) is 0 Å².